The number of unbranched alkanes of at least 4 members (excludes halogenated alkanes) is 1. The zero-order chi connectivity index (χ0) is 11.0. The van der Waals surface area contributed by atoms with Gasteiger partial charge >= 0.3 is 5.97 Å². The zero-order valence-corrected chi connectivity index (χ0v) is 14.2. The molecule has 5 nitrogen and oxygen atoms in total. The van der Waals surface area contributed by atoms with Gasteiger partial charge < -0.3 is 15.5 Å². The van der Waals surface area contributed by atoms with Crippen molar-refractivity contribution in [1.82, 2.24) is 10.2 Å². The third-order valence-corrected chi connectivity index (χ3v) is 2.17. The zero-order valence-electron chi connectivity index (χ0n) is 9.44. The molecular weight excluding hydrogens is 411 g/mol. The van der Waals surface area contributed by atoms with Crippen LogP contribution in [-0.2, 0) is 4.79 Å². The number of hydrogen-bond acceptors (Lipinski definition) is 4. The molecule has 0 aliphatic carbocycles. The predicted molar refractivity (Wildman–Crippen MR) is 54.1 cm³/mol. The first-order valence-electron chi connectivity index (χ1n) is 4.81. The number of nitrogens with one attached hydrogen (secondary N) is 1. The van der Waals surface area contributed by atoms with Crippen molar-refractivity contribution in [3.8, 4) is 0 Å². The minimum atomic E-state index is -0.803. The topological polar surface area (TPSA) is 72.8 Å². The van der Waals surface area contributed by atoms with E-state index in [0.717, 1.165) is 19.4 Å². The van der Waals surface area contributed by atoms with Crippen molar-refractivity contribution in [2.45, 2.75) is 25.3 Å². The standard InChI is InChI=1S/C9H20N2O3.Ac/c1-10-8(9(13)14)5-3-4-6-11(2)7-12;/h8,10,12H,3-7H2,1-2H3,(H,13,14);. The van der Waals surface area contributed by atoms with Crippen LogP contribution < -0.4 is 5.32 Å². The Morgan fingerprint density at radius 2 is 2.07 bits per heavy atom. The van der Waals surface area contributed by atoms with Crippen molar-refractivity contribution >= 4 is 5.97 Å². The van der Waals surface area contributed by atoms with Crippen LogP contribution >= 0.6 is 0 Å². The fourth-order valence-electron chi connectivity index (χ4n) is 1.19. The van der Waals surface area contributed by atoms with Crippen molar-refractivity contribution in [3.05, 3.63) is 0 Å². The molecule has 0 bridgehead atoms. The molecule has 0 aliphatic heterocycles. The Morgan fingerprint density at radius 1 is 1.47 bits per heavy atom. The van der Waals surface area contributed by atoms with Crippen LogP contribution in [0.4, 0.5) is 0 Å². The molecule has 0 rings (SSSR count). The van der Waals surface area contributed by atoms with E-state index < -0.39 is 12.0 Å². The Kier molecular flexibility index (Phi) is 13.7. The molecule has 6 heteroatoms. The van der Waals surface area contributed by atoms with Crippen LogP contribution in [0.1, 0.15) is 19.3 Å². The van der Waals surface area contributed by atoms with Gasteiger partial charge in [-0.05, 0) is 33.5 Å². The molecule has 1 atom stereocenters. The average molecular weight is 431 g/mol. The summed E-state index contributed by atoms with van der Waals surface area (Å²) in [5.41, 5.74) is 0. The molecule has 0 aromatic carbocycles. The second-order valence-electron chi connectivity index (χ2n) is 3.40. The summed E-state index contributed by atoms with van der Waals surface area (Å²) in [5.74, 6) is -0.803. The first kappa shape index (κ1) is 18.2. The van der Waals surface area contributed by atoms with E-state index in [-0.39, 0.29) is 50.8 Å². The first-order valence-corrected chi connectivity index (χ1v) is 4.81. The van der Waals surface area contributed by atoms with E-state index in [0.29, 0.717) is 6.42 Å². The van der Waals surface area contributed by atoms with E-state index in [1.807, 2.05) is 7.05 Å². The van der Waals surface area contributed by atoms with Crippen LogP contribution in [0.2, 0.25) is 0 Å². The minimum Gasteiger partial charge on any atom is -0.480 e. The summed E-state index contributed by atoms with van der Waals surface area (Å²) in [6.45, 7) is 0.848. The Morgan fingerprint density at radius 3 is 2.47 bits per heavy atom. The molecule has 0 aromatic rings. The molecule has 0 saturated carbocycles. The molecule has 0 saturated heterocycles. The number of aliphatic hydroxyl groups excluding tert-OH is 1. The summed E-state index contributed by atoms with van der Waals surface area (Å²) in [4.78, 5) is 12.4. The summed E-state index contributed by atoms with van der Waals surface area (Å²) in [6, 6.07) is -0.450. The second-order valence-corrected chi connectivity index (χ2v) is 3.40. The van der Waals surface area contributed by atoms with Gasteiger partial charge in [-0.3, -0.25) is 9.69 Å². The van der Waals surface area contributed by atoms with Crippen LogP contribution in [0.15, 0.2) is 0 Å². The predicted octanol–water partition coefficient (Wildman–Crippen LogP) is -0.289. The molecule has 0 fully saturated rings. The van der Waals surface area contributed by atoms with Gasteiger partial charge in [-0.2, -0.15) is 0 Å². The molecule has 0 amide bonds. The van der Waals surface area contributed by atoms with E-state index in [2.05, 4.69) is 5.32 Å². The van der Waals surface area contributed by atoms with Crippen LogP contribution in [0.25, 0.3) is 0 Å². The fraction of sp³-hybridized carbons (Fsp3) is 0.889. The van der Waals surface area contributed by atoms with Gasteiger partial charge in [-0.1, -0.05) is 6.42 Å². The Labute approximate surface area is 127 Å². The van der Waals surface area contributed by atoms with E-state index >= 15 is 0 Å². The van der Waals surface area contributed by atoms with Crippen LogP contribution in [0, 0.1) is 44.1 Å². The second kappa shape index (κ2) is 11.3. The molecule has 0 aliphatic rings. The maximum absolute atomic E-state index is 10.6. The Hall–Kier alpha value is 0.792. The maximum Gasteiger partial charge on any atom is 0.320 e. The van der Waals surface area contributed by atoms with Crippen molar-refractivity contribution < 1.29 is 59.1 Å². The third kappa shape index (κ3) is 9.71. The smallest absolute Gasteiger partial charge is 0.320 e. The monoisotopic (exact) mass is 431 g/mol. The molecule has 1 radical (unpaired) electrons. The van der Waals surface area contributed by atoms with E-state index in [1.165, 1.54) is 0 Å². The average Bonchev–Trinajstić information content (AvgIpc) is 2.16. The number of hydrogen-bond donors (Lipinski definition) is 3. The molecule has 1 unspecified atom stereocenters. The number of carboxylic acid groups (broad SMARTS) is 1. The largest absolute Gasteiger partial charge is 0.480 e. The van der Waals surface area contributed by atoms with Gasteiger partial charge in [0.1, 0.15) is 6.04 Å². The van der Waals surface area contributed by atoms with Gasteiger partial charge in [-0.15, -0.1) is 0 Å². The number of aliphatic hydroxyl groups is 1. The minimum absolute atomic E-state index is 0. The number of nitrogens with zero attached hydrogens (tertiary/aromatic N) is 1. The van der Waals surface area contributed by atoms with Crippen molar-refractivity contribution in [1.29, 1.82) is 0 Å². The number of carbonyl (C=O) groups is 1. The number of rotatable bonds is 8. The first-order chi connectivity index (χ1) is 6.61. The molecule has 87 valence electrons. The van der Waals surface area contributed by atoms with Gasteiger partial charge in [0.2, 0.25) is 0 Å². The molecular formula is C9H20AcN2O3. The molecule has 3 N–H and O–H groups in total. The SMILES string of the molecule is CNC(CCCCN(C)CO)C(=O)O.[Ac]. The Bertz CT molecular complexity index is 169. The molecule has 0 spiro atoms. The van der Waals surface area contributed by atoms with Gasteiger partial charge in [-0.25, -0.2) is 0 Å². The third-order valence-electron chi connectivity index (χ3n) is 2.17. The molecule has 0 aromatic heterocycles. The van der Waals surface area contributed by atoms with Gasteiger partial charge in [0.05, 0.1) is 6.73 Å². The van der Waals surface area contributed by atoms with E-state index in [9.17, 15) is 4.79 Å². The fourth-order valence-corrected chi connectivity index (χ4v) is 1.19. The molecule has 0 heterocycles. The summed E-state index contributed by atoms with van der Waals surface area (Å²) in [5, 5.41) is 20.2. The summed E-state index contributed by atoms with van der Waals surface area (Å²) in [6.07, 6.45) is 2.38. The summed E-state index contributed by atoms with van der Waals surface area (Å²) in [7, 11) is 3.48. The van der Waals surface area contributed by atoms with Crippen molar-refractivity contribution in [2.24, 2.45) is 0 Å². The van der Waals surface area contributed by atoms with Crippen LogP contribution in [-0.4, -0.2) is 54.5 Å². The summed E-state index contributed by atoms with van der Waals surface area (Å²) < 4.78 is 0. The number of aliphatic carboxylic acids is 1. The van der Waals surface area contributed by atoms with Crippen LogP contribution in [0.3, 0.4) is 0 Å². The number of likely N-dealkylation sites (N-methyl/N-ethyl adjacent to an activating group) is 1. The summed E-state index contributed by atoms with van der Waals surface area (Å²) >= 11 is 0. The van der Waals surface area contributed by atoms with E-state index in [4.69, 9.17) is 10.2 Å². The van der Waals surface area contributed by atoms with Crippen LogP contribution in [0.5, 0.6) is 0 Å². The number of carboxylic acids is 1. The molecule has 15 heavy (non-hydrogen) atoms. The van der Waals surface area contributed by atoms with Crippen molar-refractivity contribution in [2.75, 3.05) is 27.4 Å². The Balaban J connectivity index is 0. The quantitative estimate of drug-likeness (QED) is 0.364. The van der Waals surface area contributed by atoms with Crippen molar-refractivity contribution in [3.63, 3.8) is 0 Å². The normalized spacial score (nSPS) is 12.3. The maximum atomic E-state index is 10.6. The van der Waals surface area contributed by atoms with Gasteiger partial charge in [0.25, 0.3) is 0 Å². The van der Waals surface area contributed by atoms with Gasteiger partial charge in [0, 0.05) is 44.1 Å². The van der Waals surface area contributed by atoms with Gasteiger partial charge in [0.15, 0.2) is 0 Å². The van der Waals surface area contributed by atoms with E-state index in [1.54, 1.807) is 11.9 Å².